The summed E-state index contributed by atoms with van der Waals surface area (Å²) in [6.07, 6.45) is 5.18. The van der Waals surface area contributed by atoms with Gasteiger partial charge in [-0.3, -0.25) is 0 Å². The fraction of sp³-hybridized carbons (Fsp3) is 0.174. The molecule has 0 aliphatic carbocycles. The summed E-state index contributed by atoms with van der Waals surface area (Å²) in [5.41, 5.74) is 3.16. The van der Waals surface area contributed by atoms with E-state index in [-0.39, 0.29) is 12.0 Å². The first-order valence-corrected chi connectivity index (χ1v) is 9.63. The van der Waals surface area contributed by atoms with Gasteiger partial charge in [0, 0.05) is 30.3 Å². The minimum atomic E-state index is -0.387. The molecule has 0 spiro atoms. The van der Waals surface area contributed by atoms with Gasteiger partial charge in [-0.05, 0) is 42.8 Å². The minimum Gasteiger partial charge on any atom is -0.463 e. The maximum absolute atomic E-state index is 12.1. The molecule has 0 saturated heterocycles. The summed E-state index contributed by atoms with van der Waals surface area (Å²) in [5.74, 6) is 0.175. The second-order valence-electron chi connectivity index (χ2n) is 6.35. The van der Waals surface area contributed by atoms with Crippen LogP contribution in [0.3, 0.4) is 0 Å². The lowest BCUT2D eigenvalue weighted by molar-refractivity contribution is -0.137. The Morgan fingerprint density at radius 1 is 1.10 bits per heavy atom. The normalized spacial score (nSPS) is 10.7. The van der Waals surface area contributed by atoms with Crippen molar-refractivity contribution in [3.63, 3.8) is 0 Å². The number of benzene rings is 2. The Bertz CT molecular complexity index is 995. The van der Waals surface area contributed by atoms with Crippen LogP contribution < -0.4 is 10.6 Å². The van der Waals surface area contributed by atoms with E-state index in [0.717, 1.165) is 16.8 Å². The van der Waals surface area contributed by atoms with Gasteiger partial charge in [-0.2, -0.15) is 0 Å². The number of esters is 1. The number of ether oxygens (including phenoxy) is 1. The molecule has 2 aromatic carbocycles. The number of rotatable bonds is 8. The van der Waals surface area contributed by atoms with Crippen molar-refractivity contribution in [3.8, 4) is 11.5 Å². The smallest absolute Gasteiger partial charge is 0.330 e. The maximum Gasteiger partial charge on any atom is 0.330 e. The van der Waals surface area contributed by atoms with Gasteiger partial charge in [0.1, 0.15) is 6.26 Å². The van der Waals surface area contributed by atoms with E-state index in [1.807, 2.05) is 30.3 Å². The molecular formula is C23H23N3O4. The molecule has 1 heterocycles. The zero-order chi connectivity index (χ0) is 21.2. The topological polar surface area (TPSA) is 93.5 Å². The van der Waals surface area contributed by atoms with Crippen LogP contribution in [0.2, 0.25) is 0 Å². The number of oxazole rings is 1. The Morgan fingerprint density at radius 3 is 2.60 bits per heavy atom. The highest BCUT2D eigenvalue weighted by Gasteiger charge is 2.07. The molecular weight excluding hydrogens is 382 g/mol. The van der Waals surface area contributed by atoms with Crippen LogP contribution >= 0.6 is 0 Å². The molecule has 30 heavy (non-hydrogen) atoms. The van der Waals surface area contributed by atoms with Gasteiger partial charge in [-0.15, -0.1) is 0 Å². The number of nitrogens with zero attached hydrogens (tertiary/aromatic N) is 1. The number of carbonyl (C=O) groups excluding carboxylic acids is 2. The van der Waals surface area contributed by atoms with Crippen LogP contribution in [0.25, 0.3) is 17.5 Å². The Morgan fingerprint density at radius 2 is 1.87 bits per heavy atom. The largest absolute Gasteiger partial charge is 0.463 e. The zero-order valence-corrected chi connectivity index (χ0v) is 16.6. The highest BCUT2D eigenvalue weighted by molar-refractivity contribution is 5.90. The number of anilines is 1. The van der Waals surface area contributed by atoms with Gasteiger partial charge in [-0.1, -0.05) is 30.3 Å². The molecule has 3 rings (SSSR count). The van der Waals surface area contributed by atoms with Crippen molar-refractivity contribution in [1.29, 1.82) is 0 Å². The second-order valence-corrected chi connectivity index (χ2v) is 6.35. The highest BCUT2D eigenvalue weighted by Crippen LogP contribution is 2.18. The van der Waals surface area contributed by atoms with Crippen LogP contribution in [-0.2, 0) is 16.0 Å². The van der Waals surface area contributed by atoms with Crippen LogP contribution in [0, 0.1) is 0 Å². The molecule has 3 aromatic rings. The number of amides is 2. The van der Waals surface area contributed by atoms with Crippen LogP contribution in [0.15, 0.2) is 71.4 Å². The molecule has 2 N–H and O–H groups in total. The summed E-state index contributed by atoms with van der Waals surface area (Å²) >= 11 is 0. The van der Waals surface area contributed by atoms with Crippen molar-refractivity contribution in [2.24, 2.45) is 0 Å². The van der Waals surface area contributed by atoms with E-state index in [0.29, 0.717) is 31.2 Å². The van der Waals surface area contributed by atoms with E-state index in [9.17, 15) is 9.59 Å². The lowest BCUT2D eigenvalue weighted by Gasteiger charge is -2.07. The van der Waals surface area contributed by atoms with Crippen molar-refractivity contribution in [2.45, 2.75) is 13.3 Å². The number of urea groups is 1. The highest BCUT2D eigenvalue weighted by atomic mass is 16.5. The quantitative estimate of drug-likeness (QED) is 0.431. The third-order valence-electron chi connectivity index (χ3n) is 4.11. The Labute approximate surface area is 174 Å². The summed E-state index contributed by atoms with van der Waals surface area (Å²) in [6, 6.07) is 16.4. The molecule has 154 valence electrons. The average Bonchev–Trinajstić information content (AvgIpc) is 3.23. The van der Waals surface area contributed by atoms with E-state index in [1.54, 1.807) is 43.5 Å². The van der Waals surface area contributed by atoms with Gasteiger partial charge in [0.05, 0.1) is 12.3 Å². The summed E-state index contributed by atoms with van der Waals surface area (Å²) in [4.78, 5) is 27.8. The molecule has 0 aliphatic rings. The SMILES string of the molecule is CCOC(=O)/C=C/c1ccc(NC(=O)NCCc2coc(-c3ccccc3)n2)cc1. The number of hydrogen-bond acceptors (Lipinski definition) is 5. The molecule has 2 amide bonds. The third-order valence-corrected chi connectivity index (χ3v) is 4.11. The van der Waals surface area contributed by atoms with E-state index in [2.05, 4.69) is 15.6 Å². The first-order chi connectivity index (χ1) is 14.6. The Balaban J connectivity index is 1.43. The predicted molar refractivity (Wildman–Crippen MR) is 115 cm³/mol. The van der Waals surface area contributed by atoms with Crippen molar-refractivity contribution in [1.82, 2.24) is 10.3 Å². The first-order valence-electron chi connectivity index (χ1n) is 9.63. The van der Waals surface area contributed by atoms with E-state index in [4.69, 9.17) is 9.15 Å². The first kappa shape index (κ1) is 20.9. The van der Waals surface area contributed by atoms with Gasteiger partial charge in [0.15, 0.2) is 0 Å². The van der Waals surface area contributed by atoms with E-state index < -0.39 is 0 Å². The molecule has 0 fully saturated rings. The predicted octanol–water partition coefficient (Wildman–Crippen LogP) is 4.28. The van der Waals surface area contributed by atoms with E-state index >= 15 is 0 Å². The number of aromatic nitrogens is 1. The standard InChI is InChI=1S/C23H23N3O4/c1-2-29-21(27)13-10-17-8-11-19(12-9-17)26-23(28)24-15-14-20-16-30-22(25-20)18-6-4-3-5-7-18/h3-13,16H,2,14-15H2,1H3,(H2,24,26,28)/b13-10+. The summed E-state index contributed by atoms with van der Waals surface area (Å²) in [6.45, 7) is 2.52. The van der Waals surface area contributed by atoms with Crippen LogP contribution in [0.5, 0.6) is 0 Å². The van der Waals surface area contributed by atoms with Gasteiger partial charge < -0.3 is 19.8 Å². The Hall–Kier alpha value is -3.87. The zero-order valence-electron chi connectivity index (χ0n) is 16.6. The molecule has 1 aromatic heterocycles. The average molecular weight is 405 g/mol. The molecule has 0 atom stereocenters. The van der Waals surface area contributed by atoms with Crippen LogP contribution in [0.4, 0.5) is 10.5 Å². The van der Waals surface area contributed by atoms with Crippen molar-refractivity contribution < 1.29 is 18.7 Å². The van der Waals surface area contributed by atoms with Gasteiger partial charge in [0.25, 0.3) is 0 Å². The minimum absolute atomic E-state index is 0.309. The summed E-state index contributed by atoms with van der Waals surface area (Å²) in [7, 11) is 0. The van der Waals surface area contributed by atoms with Gasteiger partial charge >= 0.3 is 12.0 Å². The Kier molecular flexibility index (Phi) is 7.38. The molecule has 0 bridgehead atoms. The molecule has 7 heteroatoms. The molecule has 0 saturated carbocycles. The lowest BCUT2D eigenvalue weighted by Crippen LogP contribution is -2.30. The molecule has 7 nitrogen and oxygen atoms in total. The number of hydrogen-bond donors (Lipinski definition) is 2. The molecule has 0 unspecified atom stereocenters. The van der Waals surface area contributed by atoms with E-state index in [1.165, 1.54) is 6.08 Å². The summed E-state index contributed by atoms with van der Waals surface area (Å²) in [5, 5.41) is 5.55. The number of carbonyl (C=O) groups is 2. The summed E-state index contributed by atoms with van der Waals surface area (Å²) < 4.78 is 10.3. The lowest BCUT2D eigenvalue weighted by atomic mass is 10.2. The molecule has 0 aliphatic heterocycles. The van der Waals surface area contributed by atoms with Crippen molar-refractivity contribution in [2.75, 3.05) is 18.5 Å². The van der Waals surface area contributed by atoms with Crippen molar-refractivity contribution in [3.05, 3.63) is 78.2 Å². The maximum atomic E-state index is 12.1. The molecule has 0 radical (unpaired) electrons. The monoisotopic (exact) mass is 405 g/mol. The van der Waals surface area contributed by atoms with Crippen LogP contribution in [0.1, 0.15) is 18.2 Å². The third kappa shape index (κ3) is 6.34. The van der Waals surface area contributed by atoms with Crippen molar-refractivity contribution >= 4 is 23.8 Å². The number of nitrogens with one attached hydrogen (secondary N) is 2. The van der Waals surface area contributed by atoms with Gasteiger partial charge in [-0.25, -0.2) is 14.6 Å². The fourth-order valence-corrected chi connectivity index (χ4v) is 2.65. The fourth-order valence-electron chi connectivity index (χ4n) is 2.65. The van der Waals surface area contributed by atoms with Gasteiger partial charge in [0.2, 0.25) is 5.89 Å². The van der Waals surface area contributed by atoms with Crippen LogP contribution in [-0.4, -0.2) is 30.1 Å². The second kappa shape index (κ2) is 10.6.